The van der Waals surface area contributed by atoms with Crippen LogP contribution in [-0.2, 0) is 5.41 Å². The summed E-state index contributed by atoms with van der Waals surface area (Å²) in [7, 11) is -1.62. The molecule has 314 valence electrons. The summed E-state index contributed by atoms with van der Waals surface area (Å²) in [5.74, 6) is 0. The van der Waals surface area contributed by atoms with Gasteiger partial charge in [-0.1, -0.05) is 195 Å². The van der Waals surface area contributed by atoms with Crippen LogP contribution in [0, 0.1) is 0 Å². The van der Waals surface area contributed by atoms with E-state index >= 15 is 0 Å². The molecule has 0 saturated heterocycles. The van der Waals surface area contributed by atoms with E-state index in [0.717, 1.165) is 50.2 Å². The summed E-state index contributed by atoms with van der Waals surface area (Å²) in [4.78, 5) is 2.46. The Morgan fingerprint density at radius 1 is 0.470 bits per heavy atom. The van der Waals surface area contributed by atoms with Crippen LogP contribution in [0.3, 0.4) is 0 Å². The first-order chi connectivity index (χ1) is 32.4. The second kappa shape index (κ2) is 14.5. The largest absolute Gasteiger partial charge is 0.454 e. The van der Waals surface area contributed by atoms with Gasteiger partial charge in [0.1, 0.15) is 5.58 Å². The van der Waals surface area contributed by atoms with E-state index in [2.05, 4.69) is 254 Å². The van der Waals surface area contributed by atoms with E-state index in [9.17, 15) is 0 Å². The summed E-state index contributed by atoms with van der Waals surface area (Å²) in [6, 6.07) is 83.0. The van der Waals surface area contributed by atoms with E-state index in [-0.39, 0.29) is 0 Å². The fraction of sp³-hybridized carbons (Fsp3) is 0.0645. The van der Waals surface area contributed by atoms with Crippen molar-refractivity contribution in [1.82, 2.24) is 4.57 Å². The predicted octanol–water partition coefficient (Wildman–Crippen LogP) is 16.2. The van der Waals surface area contributed by atoms with Crippen molar-refractivity contribution in [2.45, 2.75) is 25.1 Å². The maximum atomic E-state index is 7.23. The smallest absolute Gasteiger partial charge is 0.160 e. The number of aromatic nitrogens is 1. The Bertz CT molecular complexity index is 3820. The molecule has 0 radical (unpaired) electrons. The highest BCUT2D eigenvalue weighted by atomic mass is 28.3. The minimum absolute atomic E-state index is 0.615. The summed E-state index contributed by atoms with van der Waals surface area (Å²) in [5.41, 5.74) is 15.1. The molecule has 13 rings (SSSR count). The molecule has 1 aliphatic rings. The van der Waals surface area contributed by atoms with Gasteiger partial charge in [0.2, 0.25) is 0 Å². The van der Waals surface area contributed by atoms with Crippen molar-refractivity contribution < 1.29 is 4.42 Å². The Labute approximate surface area is 385 Å². The van der Waals surface area contributed by atoms with E-state index in [1.165, 1.54) is 65.6 Å². The minimum Gasteiger partial charge on any atom is -0.454 e. The van der Waals surface area contributed by atoms with Crippen molar-refractivity contribution in [2.75, 3.05) is 4.90 Å². The number of hydrogen-bond acceptors (Lipinski definition) is 2. The average molecular weight is 863 g/mol. The molecule has 10 aromatic carbocycles. The third-order valence-corrected chi connectivity index (χ3v) is 16.3. The topological polar surface area (TPSA) is 21.3 Å². The first kappa shape index (κ1) is 38.5. The van der Waals surface area contributed by atoms with Crippen molar-refractivity contribution in [1.29, 1.82) is 0 Å². The van der Waals surface area contributed by atoms with Gasteiger partial charge in [-0.15, -0.1) is 0 Å². The molecular weight excluding hydrogens is 817 g/mol. The molecule has 4 heteroatoms. The lowest BCUT2D eigenvalue weighted by Gasteiger charge is -2.35. The molecule has 1 aliphatic carbocycles. The highest BCUT2D eigenvalue weighted by Crippen LogP contribution is 2.61. The summed E-state index contributed by atoms with van der Waals surface area (Å²) >= 11 is 0. The van der Waals surface area contributed by atoms with Crippen LogP contribution in [0.2, 0.25) is 19.6 Å². The molecule has 0 saturated carbocycles. The fourth-order valence-corrected chi connectivity index (χ4v) is 12.4. The molecule has 0 amide bonds. The number of benzene rings is 10. The van der Waals surface area contributed by atoms with Gasteiger partial charge in [0.05, 0.1) is 30.2 Å². The van der Waals surface area contributed by atoms with Crippen LogP contribution in [0.15, 0.2) is 229 Å². The van der Waals surface area contributed by atoms with Gasteiger partial charge in [-0.3, -0.25) is 0 Å². The van der Waals surface area contributed by atoms with Crippen LogP contribution in [0.25, 0.3) is 71.3 Å². The van der Waals surface area contributed by atoms with E-state index in [1.807, 2.05) is 0 Å². The normalized spacial score (nSPS) is 13.2. The lowest BCUT2D eigenvalue weighted by molar-refractivity contribution is 0.668. The summed E-state index contributed by atoms with van der Waals surface area (Å²) in [6.45, 7) is 7.26. The molecule has 2 heterocycles. The summed E-state index contributed by atoms with van der Waals surface area (Å²) in [5, 5.41) is 8.54. The number of furan rings is 1. The minimum atomic E-state index is -1.62. The lowest BCUT2D eigenvalue weighted by Crippen LogP contribution is -2.37. The zero-order valence-electron chi connectivity index (χ0n) is 37.2. The molecule has 0 spiro atoms. The van der Waals surface area contributed by atoms with Crippen molar-refractivity contribution >= 4 is 84.8 Å². The number of hydrogen-bond donors (Lipinski definition) is 0. The number of anilines is 3. The van der Waals surface area contributed by atoms with Crippen LogP contribution < -0.4 is 10.1 Å². The lowest BCUT2D eigenvalue weighted by atomic mass is 9.67. The highest BCUT2D eigenvalue weighted by molar-refractivity contribution is 6.88. The van der Waals surface area contributed by atoms with Crippen molar-refractivity contribution in [3.05, 3.63) is 247 Å². The molecule has 0 N–H and O–H groups in total. The first-order valence-electron chi connectivity index (χ1n) is 23.0. The molecule has 12 aromatic rings. The molecule has 3 nitrogen and oxygen atoms in total. The van der Waals surface area contributed by atoms with E-state index in [4.69, 9.17) is 4.42 Å². The zero-order chi connectivity index (χ0) is 44.1. The Hall–Kier alpha value is -7.92. The number of nitrogens with zero attached hydrogens (tertiary/aromatic N) is 2. The summed E-state index contributed by atoms with van der Waals surface area (Å²) in [6.07, 6.45) is 0. The van der Waals surface area contributed by atoms with Crippen LogP contribution in [0.1, 0.15) is 22.3 Å². The quantitative estimate of drug-likeness (QED) is 0.149. The molecule has 0 unspecified atom stereocenters. The van der Waals surface area contributed by atoms with E-state index in [1.54, 1.807) is 0 Å². The summed E-state index contributed by atoms with van der Waals surface area (Å²) < 4.78 is 9.68. The predicted molar refractivity (Wildman–Crippen MR) is 281 cm³/mol. The van der Waals surface area contributed by atoms with Crippen molar-refractivity contribution in [2.24, 2.45) is 0 Å². The van der Waals surface area contributed by atoms with Crippen molar-refractivity contribution in [3.63, 3.8) is 0 Å². The SMILES string of the molecule is C[Si](C)(C)c1ccc(N(c2ccc3c4ccccc4n(-c4ccc5ccccc5c4)c3c2)c2cc3c(c4c2oc2ccccc24)-c2ccccc2C3(c2ccccc2)c2ccccc2)cc1. The maximum absolute atomic E-state index is 7.23. The molecule has 2 aromatic heterocycles. The average Bonchev–Trinajstić information content (AvgIpc) is 4.01. The third kappa shape index (κ3) is 5.61. The molecule has 0 aliphatic heterocycles. The number of fused-ring (bicyclic) bond motifs is 11. The maximum Gasteiger partial charge on any atom is 0.160 e. The fourth-order valence-electron chi connectivity index (χ4n) is 11.2. The number of rotatable bonds is 7. The van der Waals surface area contributed by atoms with E-state index in [0.29, 0.717) is 0 Å². The molecular formula is C62H46N2OSi. The molecule has 0 atom stereocenters. The van der Waals surface area contributed by atoms with Crippen LogP contribution in [0.5, 0.6) is 0 Å². The van der Waals surface area contributed by atoms with Crippen LogP contribution in [-0.4, -0.2) is 12.6 Å². The van der Waals surface area contributed by atoms with Gasteiger partial charge in [0, 0.05) is 38.6 Å². The Morgan fingerprint density at radius 2 is 1.09 bits per heavy atom. The van der Waals surface area contributed by atoms with Crippen LogP contribution in [0.4, 0.5) is 17.1 Å². The second-order valence-corrected chi connectivity index (χ2v) is 23.9. The van der Waals surface area contributed by atoms with Gasteiger partial charge >= 0.3 is 0 Å². The molecule has 0 fully saturated rings. The first-order valence-corrected chi connectivity index (χ1v) is 26.5. The Balaban J connectivity index is 1.17. The Kier molecular flexibility index (Phi) is 8.49. The van der Waals surface area contributed by atoms with Gasteiger partial charge in [-0.05, 0) is 98.8 Å². The van der Waals surface area contributed by atoms with Gasteiger partial charge < -0.3 is 13.9 Å². The van der Waals surface area contributed by atoms with Gasteiger partial charge in [-0.2, -0.15) is 0 Å². The van der Waals surface area contributed by atoms with Gasteiger partial charge in [-0.25, -0.2) is 0 Å². The molecule has 0 bridgehead atoms. The van der Waals surface area contributed by atoms with Crippen molar-refractivity contribution in [3.8, 4) is 16.8 Å². The Morgan fingerprint density at radius 3 is 1.85 bits per heavy atom. The standard InChI is InChI=1S/C62H46N2OSi/c1-66(2,3)48-35-32-45(33-36-48)63(47-34-37-50-49-24-13-16-28-55(49)64(56(50)39-47)46-31-30-41-18-10-11-19-42(41)38-46)57-40-54-59(60-52-26-14-17-29-58(52)65-61(57)60)51-25-12-15-27-53(51)62(54,43-20-6-4-7-21-43)44-22-8-5-9-23-44/h4-40H,1-3H3. The van der Waals surface area contributed by atoms with Crippen LogP contribution >= 0.6 is 0 Å². The van der Waals surface area contributed by atoms with E-state index < -0.39 is 13.5 Å². The third-order valence-electron chi connectivity index (χ3n) is 14.2. The highest BCUT2D eigenvalue weighted by Gasteiger charge is 2.48. The molecule has 66 heavy (non-hydrogen) atoms. The monoisotopic (exact) mass is 862 g/mol. The second-order valence-electron chi connectivity index (χ2n) is 18.9. The zero-order valence-corrected chi connectivity index (χ0v) is 38.2. The van der Waals surface area contributed by atoms with Gasteiger partial charge in [0.15, 0.2) is 5.58 Å². The van der Waals surface area contributed by atoms with Gasteiger partial charge in [0.25, 0.3) is 0 Å². The number of para-hydroxylation sites is 2.